The molecule has 0 aromatic rings. The van der Waals surface area contributed by atoms with Crippen molar-refractivity contribution in [3.05, 3.63) is 0 Å². The summed E-state index contributed by atoms with van der Waals surface area (Å²) in [4.78, 5) is 2.27. The van der Waals surface area contributed by atoms with Crippen LogP contribution in [-0.4, -0.2) is 31.2 Å². The Balaban J connectivity index is 2.29. The Bertz CT molecular complexity index is 106. The molecule has 0 spiro atoms. The molecule has 0 amide bonds. The molecule has 10 heavy (non-hydrogen) atoms. The highest BCUT2D eigenvalue weighted by Gasteiger charge is 2.23. The largest absolute Gasteiger partial charge is 0.315 e. The van der Waals surface area contributed by atoms with Crippen LogP contribution in [0, 0.1) is 5.92 Å². The maximum absolute atomic E-state index is 5.68. The Morgan fingerprint density at radius 2 is 2.40 bits per heavy atom. The lowest BCUT2D eigenvalue weighted by molar-refractivity contribution is 0.342. The van der Waals surface area contributed by atoms with E-state index >= 15 is 0 Å². The first-order chi connectivity index (χ1) is 4.74. The highest BCUT2D eigenvalue weighted by atomic mass is 15.3. The van der Waals surface area contributed by atoms with Crippen molar-refractivity contribution < 1.29 is 0 Å². The van der Waals surface area contributed by atoms with Crippen molar-refractivity contribution in [2.75, 3.05) is 20.1 Å². The van der Waals surface area contributed by atoms with Crippen LogP contribution in [-0.2, 0) is 0 Å². The molecule has 5 N–H and O–H groups in total. The summed E-state index contributed by atoms with van der Waals surface area (Å²) in [5, 5.41) is 0. The van der Waals surface area contributed by atoms with Gasteiger partial charge in [-0.15, -0.1) is 0 Å². The zero-order valence-corrected chi connectivity index (χ0v) is 6.38. The summed E-state index contributed by atoms with van der Waals surface area (Å²) in [5.74, 6) is 5.73. The summed E-state index contributed by atoms with van der Waals surface area (Å²) < 4.78 is 0. The first kappa shape index (κ1) is 7.94. The maximum atomic E-state index is 5.68. The summed E-state index contributed by atoms with van der Waals surface area (Å²) in [7, 11) is 2.10. The minimum absolute atomic E-state index is 0.0371. The molecule has 0 saturated carbocycles. The maximum Gasteiger partial charge on any atom is 0.0717 e. The second-order valence-electron chi connectivity index (χ2n) is 3.00. The zero-order chi connectivity index (χ0) is 7.56. The highest BCUT2D eigenvalue weighted by molar-refractivity contribution is 4.78. The van der Waals surface area contributed by atoms with E-state index in [-0.39, 0.29) is 6.17 Å². The SMILES string of the molecule is CN1CCC(C(N)NN)C1. The van der Waals surface area contributed by atoms with Crippen LogP contribution in [0.15, 0.2) is 0 Å². The average Bonchev–Trinajstić information content (AvgIpc) is 2.34. The number of nitrogens with zero attached hydrogens (tertiary/aromatic N) is 1. The van der Waals surface area contributed by atoms with E-state index in [0.717, 1.165) is 19.5 Å². The minimum Gasteiger partial charge on any atom is -0.315 e. The van der Waals surface area contributed by atoms with Crippen LogP contribution in [0.2, 0.25) is 0 Å². The van der Waals surface area contributed by atoms with Gasteiger partial charge in [0.15, 0.2) is 0 Å². The summed E-state index contributed by atoms with van der Waals surface area (Å²) in [6, 6.07) is 0. The fourth-order valence-corrected chi connectivity index (χ4v) is 1.40. The van der Waals surface area contributed by atoms with Crippen molar-refractivity contribution in [2.24, 2.45) is 17.5 Å². The number of hydrazine groups is 1. The lowest BCUT2D eigenvalue weighted by Gasteiger charge is -2.17. The summed E-state index contributed by atoms with van der Waals surface area (Å²) in [5.41, 5.74) is 8.26. The Kier molecular flexibility index (Phi) is 2.62. The van der Waals surface area contributed by atoms with Crippen LogP contribution in [0.5, 0.6) is 0 Å². The van der Waals surface area contributed by atoms with Gasteiger partial charge < -0.3 is 10.6 Å². The molecular weight excluding hydrogens is 128 g/mol. The number of hydrogen-bond donors (Lipinski definition) is 3. The highest BCUT2D eigenvalue weighted by Crippen LogP contribution is 2.14. The van der Waals surface area contributed by atoms with Gasteiger partial charge in [-0.3, -0.25) is 5.84 Å². The molecule has 2 atom stereocenters. The Morgan fingerprint density at radius 3 is 2.80 bits per heavy atom. The average molecular weight is 144 g/mol. The van der Waals surface area contributed by atoms with Gasteiger partial charge in [-0.1, -0.05) is 0 Å². The van der Waals surface area contributed by atoms with Crippen molar-refractivity contribution in [3.8, 4) is 0 Å². The molecule has 0 bridgehead atoms. The van der Waals surface area contributed by atoms with Gasteiger partial charge in [0.2, 0.25) is 0 Å². The molecular formula is C6H16N4. The summed E-state index contributed by atoms with van der Waals surface area (Å²) in [6.45, 7) is 2.20. The van der Waals surface area contributed by atoms with E-state index in [0.29, 0.717) is 5.92 Å². The lowest BCUT2D eigenvalue weighted by atomic mass is 10.1. The Morgan fingerprint density at radius 1 is 1.70 bits per heavy atom. The van der Waals surface area contributed by atoms with Crippen molar-refractivity contribution in [3.63, 3.8) is 0 Å². The fraction of sp³-hybridized carbons (Fsp3) is 1.00. The molecule has 4 heteroatoms. The van der Waals surface area contributed by atoms with E-state index in [2.05, 4.69) is 17.4 Å². The second kappa shape index (κ2) is 3.30. The summed E-state index contributed by atoms with van der Waals surface area (Å²) in [6.07, 6.45) is 1.12. The number of likely N-dealkylation sites (tertiary alicyclic amines) is 1. The van der Waals surface area contributed by atoms with Crippen LogP contribution in [0.1, 0.15) is 6.42 Å². The molecule has 0 aromatic heterocycles. The van der Waals surface area contributed by atoms with E-state index in [1.807, 2.05) is 0 Å². The second-order valence-corrected chi connectivity index (χ2v) is 3.00. The zero-order valence-electron chi connectivity index (χ0n) is 6.38. The number of nitrogens with two attached hydrogens (primary N) is 2. The van der Waals surface area contributed by atoms with E-state index in [9.17, 15) is 0 Å². The third-order valence-corrected chi connectivity index (χ3v) is 2.13. The van der Waals surface area contributed by atoms with Crippen LogP contribution in [0.25, 0.3) is 0 Å². The van der Waals surface area contributed by atoms with E-state index in [1.54, 1.807) is 0 Å². The smallest absolute Gasteiger partial charge is 0.0717 e. The molecule has 1 aliphatic rings. The summed E-state index contributed by atoms with van der Waals surface area (Å²) >= 11 is 0. The van der Waals surface area contributed by atoms with E-state index < -0.39 is 0 Å². The molecule has 4 nitrogen and oxygen atoms in total. The van der Waals surface area contributed by atoms with Gasteiger partial charge in [0.05, 0.1) is 6.17 Å². The molecule has 0 aromatic carbocycles. The van der Waals surface area contributed by atoms with Gasteiger partial charge in [0.25, 0.3) is 0 Å². The van der Waals surface area contributed by atoms with Crippen molar-refractivity contribution in [1.29, 1.82) is 0 Å². The molecule has 0 aliphatic carbocycles. The van der Waals surface area contributed by atoms with Crippen molar-refractivity contribution in [1.82, 2.24) is 10.3 Å². The third-order valence-electron chi connectivity index (χ3n) is 2.13. The topological polar surface area (TPSA) is 67.3 Å². The van der Waals surface area contributed by atoms with Gasteiger partial charge in [-0.05, 0) is 20.0 Å². The first-order valence-electron chi connectivity index (χ1n) is 3.64. The molecule has 1 aliphatic heterocycles. The van der Waals surface area contributed by atoms with Gasteiger partial charge in [0.1, 0.15) is 0 Å². The van der Waals surface area contributed by atoms with Crippen molar-refractivity contribution >= 4 is 0 Å². The number of nitrogens with one attached hydrogen (secondary N) is 1. The Labute approximate surface area is 61.5 Å². The predicted molar refractivity (Wildman–Crippen MR) is 40.9 cm³/mol. The molecule has 2 unspecified atom stereocenters. The standard InChI is InChI=1S/C6H16N4/c1-10-3-2-5(4-10)6(7)9-8/h5-6,9H,2-4,7-8H2,1H3. The van der Waals surface area contributed by atoms with E-state index in [4.69, 9.17) is 11.6 Å². The first-order valence-corrected chi connectivity index (χ1v) is 3.64. The molecule has 1 rings (SSSR count). The molecule has 1 fully saturated rings. The molecule has 1 saturated heterocycles. The quantitative estimate of drug-likeness (QED) is 0.256. The normalized spacial score (nSPS) is 30.9. The van der Waals surface area contributed by atoms with Crippen LogP contribution >= 0.6 is 0 Å². The number of rotatable bonds is 2. The third kappa shape index (κ3) is 1.67. The minimum atomic E-state index is -0.0371. The monoisotopic (exact) mass is 144 g/mol. The van der Waals surface area contributed by atoms with E-state index in [1.165, 1.54) is 0 Å². The van der Waals surface area contributed by atoms with Crippen LogP contribution in [0.4, 0.5) is 0 Å². The van der Waals surface area contributed by atoms with Gasteiger partial charge >= 0.3 is 0 Å². The van der Waals surface area contributed by atoms with Crippen molar-refractivity contribution in [2.45, 2.75) is 12.6 Å². The molecule has 0 radical (unpaired) electrons. The van der Waals surface area contributed by atoms with Crippen LogP contribution < -0.4 is 17.0 Å². The van der Waals surface area contributed by atoms with Gasteiger partial charge in [0, 0.05) is 12.5 Å². The molecule has 1 heterocycles. The van der Waals surface area contributed by atoms with Gasteiger partial charge in [-0.2, -0.15) is 0 Å². The number of hydrogen-bond acceptors (Lipinski definition) is 4. The van der Waals surface area contributed by atoms with Gasteiger partial charge in [-0.25, -0.2) is 5.43 Å². The molecule has 60 valence electrons. The Hall–Kier alpha value is -0.160. The predicted octanol–water partition coefficient (Wildman–Crippen LogP) is -1.31. The fourth-order valence-electron chi connectivity index (χ4n) is 1.40. The van der Waals surface area contributed by atoms with Crippen LogP contribution in [0.3, 0.4) is 0 Å². The lowest BCUT2D eigenvalue weighted by Crippen LogP contribution is -2.48.